The quantitative estimate of drug-likeness (QED) is 0.529. The van der Waals surface area contributed by atoms with E-state index in [0.29, 0.717) is 11.7 Å². The third kappa shape index (κ3) is 1.00. The van der Waals surface area contributed by atoms with Gasteiger partial charge >= 0.3 is 0 Å². The molecule has 0 aromatic rings. The van der Waals surface area contributed by atoms with Crippen LogP contribution in [0.3, 0.4) is 0 Å². The van der Waals surface area contributed by atoms with E-state index >= 15 is 0 Å². The molecule has 0 aromatic carbocycles. The molecule has 2 heterocycles. The van der Waals surface area contributed by atoms with E-state index in [1.807, 2.05) is 0 Å². The number of ketones is 1. The molecule has 2 bridgehead atoms. The predicted molar refractivity (Wildman–Crippen MR) is 41.3 cm³/mol. The van der Waals surface area contributed by atoms with Crippen LogP contribution in [0, 0.1) is 5.92 Å². The number of carbonyl (C=O) groups is 1. The minimum Gasteiger partial charge on any atom is -0.364 e. The molecule has 3 aliphatic rings. The topological polar surface area (TPSA) is 26.3 Å². The lowest BCUT2D eigenvalue weighted by Gasteiger charge is -2.47. The van der Waals surface area contributed by atoms with Crippen molar-refractivity contribution in [3.05, 3.63) is 0 Å². The number of ether oxygens (including phenoxy) is 1. The molecule has 1 saturated carbocycles. The van der Waals surface area contributed by atoms with Gasteiger partial charge in [-0.3, -0.25) is 4.79 Å². The zero-order chi connectivity index (χ0) is 8.06. The molecule has 0 aromatic heterocycles. The van der Waals surface area contributed by atoms with Crippen LogP contribution in [0.25, 0.3) is 0 Å². The Labute approximate surface area is 66.9 Å². The first-order chi connectivity index (χ1) is 5.09. The van der Waals surface area contributed by atoms with E-state index < -0.39 is 0 Å². The van der Waals surface area contributed by atoms with Gasteiger partial charge in [0.25, 0.3) is 0 Å². The molecule has 1 aliphatic carbocycles. The molecular weight excluding hydrogens is 140 g/mol. The van der Waals surface area contributed by atoms with Gasteiger partial charge in [-0.2, -0.15) is 0 Å². The molecule has 3 rings (SSSR count). The van der Waals surface area contributed by atoms with Crippen molar-refractivity contribution >= 4 is 5.78 Å². The molecule has 2 saturated heterocycles. The number of Topliss-reactive ketones (excluding diaryl/α,β-unsaturated/α-hetero) is 1. The van der Waals surface area contributed by atoms with Gasteiger partial charge in [0, 0.05) is 6.42 Å². The van der Waals surface area contributed by atoms with Crippen LogP contribution in [0.15, 0.2) is 0 Å². The van der Waals surface area contributed by atoms with Gasteiger partial charge in [0.05, 0.1) is 5.60 Å². The smallest absolute Gasteiger partial charge is 0.161 e. The molecule has 0 N–H and O–H groups in total. The summed E-state index contributed by atoms with van der Waals surface area (Å²) in [6.07, 6.45) is 2.79. The number of rotatable bonds is 0. The minimum absolute atomic E-state index is 0.0448. The highest BCUT2D eigenvalue weighted by Gasteiger charge is 2.46. The minimum atomic E-state index is -0.0741. The lowest BCUT2D eigenvalue weighted by Crippen LogP contribution is -2.52. The number of hydrogen-bond acceptors (Lipinski definition) is 2. The van der Waals surface area contributed by atoms with Crippen molar-refractivity contribution in [1.82, 2.24) is 0 Å². The second kappa shape index (κ2) is 2.07. The highest BCUT2D eigenvalue weighted by molar-refractivity contribution is 5.85. The number of fused-ring (bicyclic) bond motifs is 3. The molecule has 11 heavy (non-hydrogen) atoms. The maximum Gasteiger partial charge on any atom is 0.161 e. The molecule has 2 unspecified atom stereocenters. The summed E-state index contributed by atoms with van der Waals surface area (Å²) in [5, 5.41) is 0. The fraction of sp³-hybridized carbons (Fsp3) is 0.889. The van der Waals surface area contributed by atoms with Crippen LogP contribution in [0.4, 0.5) is 0 Å². The van der Waals surface area contributed by atoms with E-state index in [1.54, 1.807) is 0 Å². The van der Waals surface area contributed by atoms with Crippen molar-refractivity contribution in [2.75, 3.05) is 0 Å². The Morgan fingerprint density at radius 3 is 2.45 bits per heavy atom. The summed E-state index contributed by atoms with van der Waals surface area (Å²) in [5.41, 5.74) is -0.0448. The van der Waals surface area contributed by atoms with Gasteiger partial charge in [0.1, 0.15) is 6.10 Å². The van der Waals surface area contributed by atoms with Gasteiger partial charge in [-0.1, -0.05) is 0 Å². The molecule has 2 heteroatoms. The van der Waals surface area contributed by atoms with E-state index in [2.05, 4.69) is 13.8 Å². The summed E-state index contributed by atoms with van der Waals surface area (Å²) in [6.45, 7) is 4.19. The first-order valence-electron chi connectivity index (χ1n) is 4.30. The van der Waals surface area contributed by atoms with E-state index in [1.165, 1.54) is 6.42 Å². The monoisotopic (exact) mass is 154 g/mol. The molecule has 0 radical (unpaired) electrons. The number of carbonyl (C=O) groups excluding carboxylic acids is 1. The Morgan fingerprint density at radius 1 is 1.45 bits per heavy atom. The lowest BCUT2D eigenvalue weighted by molar-refractivity contribution is -0.186. The van der Waals surface area contributed by atoms with Crippen LogP contribution in [0.2, 0.25) is 0 Å². The van der Waals surface area contributed by atoms with E-state index in [4.69, 9.17) is 4.74 Å². The highest BCUT2D eigenvalue weighted by Crippen LogP contribution is 2.41. The zero-order valence-corrected chi connectivity index (χ0v) is 7.09. The van der Waals surface area contributed by atoms with Crippen molar-refractivity contribution in [1.29, 1.82) is 0 Å². The Morgan fingerprint density at radius 2 is 2.18 bits per heavy atom. The second-order valence-corrected chi connectivity index (χ2v) is 4.15. The summed E-state index contributed by atoms with van der Waals surface area (Å²) < 4.78 is 5.64. The average Bonchev–Trinajstić information content (AvgIpc) is 1.90. The Balaban J connectivity index is 2.23. The molecule has 3 fully saturated rings. The van der Waals surface area contributed by atoms with Crippen LogP contribution in [0.1, 0.15) is 33.1 Å². The van der Waals surface area contributed by atoms with Crippen molar-refractivity contribution in [2.45, 2.75) is 44.8 Å². The van der Waals surface area contributed by atoms with Crippen LogP contribution >= 0.6 is 0 Å². The molecule has 2 nitrogen and oxygen atoms in total. The lowest BCUT2D eigenvalue weighted by atomic mass is 9.73. The maximum atomic E-state index is 11.2. The van der Waals surface area contributed by atoms with Gasteiger partial charge in [-0.05, 0) is 32.6 Å². The molecule has 2 atom stereocenters. The molecular formula is C9H14O2. The Hall–Kier alpha value is -0.370. The predicted octanol–water partition coefficient (Wildman–Crippen LogP) is 1.53. The third-order valence-corrected chi connectivity index (χ3v) is 3.01. The van der Waals surface area contributed by atoms with E-state index in [0.717, 1.165) is 12.8 Å². The maximum absolute atomic E-state index is 11.2. The molecule has 0 spiro atoms. The van der Waals surface area contributed by atoms with Crippen molar-refractivity contribution < 1.29 is 9.53 Å². The van der Waals surface area contributed by atoms with Gasteiger partial charge in [0.15, 0.2) is 5.78 Å². The van der Waals surface area contributed by atoms with Crippen LogP contribution in [0.5, 0.6) is 0 Å². The van der Waals surface area contributed by atoms with Crippen LogP contribution in [-0.4, -0.2) is 17.5 Å². The summed E-state index contributed by atoms with van der Waals surface area (Å²) in [7, 11) is 0. The third-order valence-electron chi connectivity index (χ3n) is 3.01. The van der Waals surface area contributed by atoms with Crippen molar-refractivity contribution in [3.8, 4) is 0 Å². The average molecular weight is 154 g/mol. The first kappa shape index (κ1) is 7.29. The largest absolute Gasteiger partial charge is 0.364 e. The van der Waals surface area contributed by atoms with Gasteiger partial charge in [-0.15, -0.1) is 0 Å². The highest BCUT2D eigenvalue weighted by atomic mass is 16.5. The zero-order valence-electron chi connectivity index (χ0n) is 7.09. The van der Waals surface area contributed by atoms with Gasteiger partial charge in [-0.25, -0.2) is 0 Å². The van der Waals surface area contributed by atoms with Crippen molar-refractivity contribution in [2.24, 2.45) is 5.92 Å². The Bertz CT molecular complexity index is 196. The first-order valence-corrected chi connectivity index (χ1v) is 4.30. The van der Waals surface area contributed by atoms with Crippen molar-refractivity contribution in [3.63, 3.8) is 0 Å². The van der Waals surface area contributed by atoms with Crippen LogP contribution in [-0.2, 0) is 9.53 Å². The summed E-state index contributed by atoms with van der Waals surface area (Å²) in [4.78, 5) is 11.2. The number of hydrogen-bond donors (Lipinski definition) is 0. The summed E-state index contributed by atoms with van der Waals surface area (Å²) in [5.74, 6) is 0.792. The van der Waals surface area contributed by atoms with E-state index in [-0.39, 0.29) is 11.7 Å². The second-order valence-electron chi connectivity index (χ2n) is 4.15. The standard InChI is InChI=1S/C9H14O2/c1-9(2)6-3-4-8(11-9)7(10)5-6/h6,8H,3-5H2,1-2H3. The van der Waals surface area contributed by atoms with E-state index in [9.17, 15) is 4.79 Å². The Kier molecular flexibility index (Phi) is 1.37. The van der Waals surface area contributed by atoms with Gasteiger partial charge in [0.2, 0.25) is 0 Å². The fourth-order valence-corrected chi connectivity index (χ4v) is 2.17. The fourth-order valence-electron chi connectivity index (χ4n) is 2.17. The summed E-state index contributed by atoms with van der Waals surface area (Å²) in [6, 6.07) is 0. The normalized spacial score (nSPS) is 41.1. The van der Waals surface area contributed by atoms with Gasteiger partial charge < -0.3 is 4.74 Å². The SMILES string of the molecule is CC1(C)OC2CCC1CC2=O. The summed E-state index contributed by atoms with van der Waals surface area (Å²) >= 11 is 0. The molecule has 0 amide bonds. The van der Waals surface area contributed by atoms with Crippen LogP contribution < -0.4 is 0 Å². The molecule has 2 aliphatic heterocycles. The molecule has 62 valence electrons.